The molecule has 1 saturated heterocycles. The fourth-order valence-electron chi connectivity index (χ4n) is 0.877. The third-order valence-corrected chi connectivity index (χ3v) is 1.57. The van der Waals surface area contributed by atoms with Crippen LogP contribution in [0, 0.1) is 5.92 Å². The van der Waals surface area contributed by atoms with Crippen molar-refractivity contribution in [3.63, 3.8) is 0 Å². The molecule has 2 amide bonds. The zero-order chi connectivity index (χ0) is 7.72. The Balaban J connectivity index is 2.63. The zero-order valence-electron chi connectivity index (χ0n) is 5.63. The number of imide groups is 1. The van der Waals surface area contributed by atoms with Gasteiger partial charge >= 0.3 is 0 Å². The molecule has 2 N–H and O–H groups in total. The third kappa shape index (κ3) is 1.16. The van der Waals surface area contributed by atoms with Gasteiger partial charge in [0.15, 0.2) is 0 Å². The van der Waals surface area contributed by atoms with E-state index in [1.165, 1.54) is 0 Å². The van der Waals surface area contributed by atoms with Gasteiger partial charge in [0.2, 0.25) is 5.91 Å². The number of piperidine rings is 1. The Kier molecular flexibility index (Phi) is 1.72. The molecule has 1 heterocycles. The highest BCUT2D eigenvalue weighted by Gasteiger charge is 2.29. The van der Waals surface area contributed by atoms with E-state index in [4.69, 9.17) is 5.11 Å². The van der Waals surface area contributed by atoms with Crippen LogP contribution in [0.2, 0.25) is 0 Å². The lowest BCUT2D eigenvalue weighted by atomic mass is 9.98. The highest BCUT2D eigenvalue weighted by Crippen LogP contribution is 2.10. The van der Waals surface area contributed by atoms with Crippen molar-refractivity contribution < 1.29 is 14.7 Å². The van der Waals surface area contributed by atoms with Gasteiger partial charge in [0, 0.05) is 5.92 Å². The second-order valence-electron chi connectivity index (χ2n) is 2.51. The van der Waals surface area contributed by atoms with E-state index < -0.39 is 12.0 Å². The van der Waals surface area contributed by atoms with Gasteiger partial charge in [-0.2, -0.15) is 0 Å². The Hall–Kier alpha value is -0.900. The summed E-state index contributed by atoms with van der Waals surface area (Å²) in [5.41, 5.74) is 0. The van der Waals surface area contributed by atoms with Crippen LogP contribution in [-0.2, 0) is 9.59 Å². The van der Waals surface area contributed by atoms with Crippen LogP contribution in [0.25, 0.3) is 0 Å². The molecule has 0 bridgehead atoms. The van der Waals surface area contributed by atoms with Crippen LogP contribution in [0.5, 0.6) is 0 Å². The fourth-order valence-corrected chi connectivity index (χ4v) is 0.877. The van der Waals surface area contributed by atoms with E-state index in [0.717, 1.165) is 0 Å². The second kappa shape index (κ2) is 2.38. The molecule has 0 spiro atoms. The van der Waals surface area contributed by atoms with Gasteiger partial charge in [0.1, 0.15) is 6.10 Å². The van der Waals surface area contributed by atoms with Crippen molar-refractivity contribution in [3.8, 4) is 0 Å². The van der Waals surface area contributed by atoms with Gasteiger partial charge in [-0.15, -0.1) is 0 Å². The molecule has 0 saturated carbocycles. The molecule has 1 aliphatic rings. The smallest absolute Gasteiger partial charge is 0.255 e. The molecule has 0 aromatic heterocycles. The van der Waals surface area contributed by atoms with Crippen LogP contribution in [0.15, 0.2) is 0 Å². The first-order valence-corrected chi connectivity index (χ1v) is 3.14. The number of hydrogen-bond donors (Lipinski definition) is 2. The second-order valence-corrected chi connectivity index (χ2v) is 2.51. The predicted molar refractivity (Wildman–Crippen MR) is 32.9 cm³/mol. The van der Waals surface area contributed by atoms with Crippen molar-refractivity contribution in [2.24, 2.45) is 5.92 Å². The molecular formula is C6H9NO3. The first kappa shape index (κ1) is 7.21. The lowest BCUT2D eigenvalue weighted by Gasteiger charge is -2.20. The van der Waals surface area contributed by atoms with Crippen molar-refractivity contribution in [2.75, 3.05) is 0 Å². The molecule has 56 valence electrons. The topological polar surface area (TPSA) is 66.4 Å². The summed E-state index contributed by atoms with van der Waals surface area (Å²) in [6.07, 6.45) is -0.766. The Morgan fingerprint density at radius 1 is 1.50 bits per heavy atom. The number of rotatable bonds is 0. The molecule has 4 heteroatoms. The largest absolute Gasteiger partial charge is 0.383 e. The molecule has 2 atom stereocenters. The third-order valence-electron chi connectivity index (χ3n) is 1.57. The average Bonchev–Trinajstić information content (AvgIpc) is 1.84. The normalized spacial score (nSPS) is 33.8. The summed E-state index contributed by atoms with van der Waals surface area (Å²) in [5, 5.41) is 11.0. The molecule has 0 aliphatic carbocycles. The van der Waals surface area contributed by atoms with Crippen LogP contribution < -0.4 is 5.32 Å². The van der Waals surface area contributed by atoms with Crippen molar-refractivity contribution in [1.82, 2.24) is 5.32 Å². The van der Waals surface area contributed by atoms with Gasteiger partial charge in [-0.25, -0.2) is 0 Å². The summed E-state index contributed by atoms with van der Waals surface area (Å²) in [7, 11) is 0. The quantitative estimate of drug-likeness (QED) is 0.429. The highest BCUT2D eigenvalue weighted by atomic mass is 16.3. The van der Waals surface area contributed by atoms with Gasteiger partial charge < -0.3 is 5.11 Å². The lowest BCUT2D eigenvalue weighted by molar-refractivity contribution is -0.143. The van der Waals surface area contributed by atoms with Crippen LogP contribution in [0.3, 0.4) is 0 Å². The molecule has 0 aromatic carbocycles. The minimum Gasteiger partial charge on any atom is -0.383 e. The first-order valence-electron chi connectivity index (χ1n) is 3.14. The van der Waals surface area contributed by atoms with Gasteiger partial charge in [0.25, 0.3) is 5.91 Å². The van der Waals surface area contributed by atoms with Gasteiger partial charge in [-0.3, -0.25) is 14.9 Å². The number of aliphatic hydroxyl groups excluding tert-OH is 1. The summed E-state index contributed by atoms with van der Waals surface area (Å²) >= 11 is 0. The van der Waals surface area contributed by atoms with Gasteiger partial charge in [-0.1, -0.05) is 6.92 Å². The SMILES string of the molecule is CC1CC(O)C(=O)NC1=O. The van der Waals surface area contributed by atoms with E-state index in [9.17, 15) is 9.59 Å². The van der Waals surface area contributed by atoms with Crippen LogP contribution in [-0.4, -0.2) is 23.0 Å². The van der Waals surface area contributed by atoms with E-state index in [0.29, 0.717) is 0 Å². The molecule has 2 unspecified atom stereocenters. The zero-order valence-corrected chi connectivity index (χ0v) is 5.63. The van der Waals surface area contributed by atoms with Crippen LogP contribution >= 0.6 is 0 Å². The maximum absolute atomic E-state index is 10.7. The van der Waals surface area contributed by atoms with Gasteiger partial charge in [-0.05, 0) is 6.42 Å². The van der Waals surface area contributed by atoms with E-state index in [1.807, 2.05) is 0 Å². The lowest BCUT2D eigenvalue weighted by Crippen LogP contribution is -2.47. The van der Waals surface area contributed by atoms with Crippen LogP contribution in [0.1, 0.15) is 13.3 Å². The minimum atomic E-state index is -1.01. The number of aliphatic hydroxyl groups is 1. The first-order chi connectivity index (χ1) is 4.61. The van der Waals surface area contributed by atoms with E-state index in [2.05, 4.69) is 5.32 Å². The molecular weight excluding hydrogens is 134 g/mol. The Morgan fingerprint density at radius 3 is 2.60 bits per heavy atom. The number of nitrogens with one attached hydrogen (secondary N) is 1. The molecule has 10 heavy (non-hydrogen) atoms. The van der Waals surface area contributed by atoms with Crippen molar-refractivity contribution in [1.29, 1.82) is 0 Å². The maximum atomic E-state index is 10.7. The highest BCUT2D eigenvalue weighted by molar-refractivity contribution is 6.00. The van der Waals surface area contributed by atoms with Crippen LogP contribution in [0.4, 0.5) is 0 Å². The Labute approximate surface area is 58.2 Å². The maximum Gasteiger partial charge on any atom is 0.255 e. The van der Waals surface area contributed by atoms with Crippen molar-refractivity contribution >= 4 is 11.8 Å². The number of amides is 2. The van der Waals surface area contributed by atoms with Crippen molar-refractivity contribution in [3.05, 3.63) is 0 Å². The molecule has 1 fully saturated rings. The summed E-state index contributed by atoms with van der Waals surface area (Å²) < 4.78 is 0. The number of carbonyl (C=O) groups excluding carboxylic acids is 2. The van der Waals surface area contributed by atoms with E-state index >= 15 is 0 Å². The monoisotopic (exact) mass is 143 g/mol. The van der Waals surface area contributed by atoms with Crippen molar-refractivity contribution in [2.45, 2.75) is 19.4 Å². The number of carbonyl (C=O) groups is 2. The molecule has 4 nitrogen and oxygen atoms in total. The standard InChI is InChI=1S/C6H9NO3/c1-3-2-4(8)6(10)7-5(3)9/h3-4,8H,2H2,1H3,(H,7,9,10). The van der Waals surface area contributed by atoms with Gasteiger partial charge in [0.05, 0.1) is 0 Å². The van der Waals surface area contributed by atoms with E-state index in [-0.39, 0.29) is 18.2 Å². The Morgan fingerprint density at radius 2 is 2.10 bits per heavy atom. The predicted octanol–water partition coefficient (Wildman–Crippen LogP) is -0.970. The minimum absolute atomic E-state index is 0.241. The Bertz CT molecular complexity index is 160. The summed E-state index contributed by atoms with van der Waals surface area (Å²) in [5.74, 6) is -1.13. The molecule has 1 aliphatic heterocycles. The average molecular weight is 143 g/mol. The fraction of sp³-hybridized carbons (Fsp3) is 0.667. The molecule has 0 aromatic rings. The molecule has 0 radical (unpaired) electrons. The molecule has 1 rings (SSSR count). The number of hydrogen-bond acceptors (Lipinski definition) is 3. The summed E-state index contributed by atoms with van der Waals surface area (Å²) in [6, 6.07) is 0. The van der Waals surface area contributed by atoms with E-state index in [1.54, 1.807) is 6.92 Å². The summed E-state index contributed by atoms with van der Waals surface area (Å²) in [6.45, 7) is 1.67. The summed E-state index contributed by atoms with van der Waals surface area (Å²) in [4.78, 5) is 21.3.